The molecule has 0 aliphatic heterocycles. The Bertz CT molecular complexity index is 369. The van der Waals surface area contributed by atoms with Crippen LogP contribution in [0.3, 0.4) is 0 Å². The molecule has 1 aromatic carbocycles. The van der Waals surface area contributed by atoms with Gasteiger partial charge >= 0.3 is 0 Å². The van der Waals surface area contributed by atoms with Crippen molar-refractivity contribution in [2.75, 3.05) is 7.11 Å². The molecule has 1 aliphatic carbocycles. The Morgan fingerprint density at radius 3 is 2.25 bits per heavy atom. The highest BCUT2D eigenvalue weighted by molar-refractivity contribution is 5.35. The first-order valence-electron chi connectivity index (χ1n) is 5.05. The molecule has 5 heteroatoms. The van der Waals surface area contributed by atoms with Crippen molar-refractivity contribution < 1.29 is 18.3 Å². The van der Waals surface area contributed by atoms with E-state index in [9.17, 15) is 8.78 Å². The lowest BCUT2D eigenvalue weighted by Crippen LogP contribution is -2.43. The molecule has 0 spiro atoms. The molecule has 0 atom stereocenters. The lowest BCUT2D eigenvalue weighted by atomic mass is 9.90. The number of benzene rings is 1. The van der Waals surface area contributed by atoms with Gasteiger partial charge in [0.2, 0.25) is 0 Å². The summed E-state index contributed by atoms with van der Waals surface area (Å²) in [4.78, 5) is 0. The van der Waals surface area contributed by atoms with Crippen LogP contribution in [0.2, 0.25) is 0 Å². The zero-order valence-electron chi connectivity index (χ0n) is 8.87. The standard InChI is InChI=1S/C11H13F2NO2/c1-15-11-9(12)4-8(5-10(11)13)16-7-2-6(14)3-7/h4-7H,2-3,14H2,1H3/t6-,7-. The molecule has 3 nitrogen and oxygen atoms in total. The maximum absolute atomic E-state index is 13.3. The van der Waals surface area contributed by atoms with Crippen LogP contribution in [0.1, 0.15) is 12.8 Å². The highest BCUT2D eigenvalue weighted by Crippen LogP contribution is 2.30. The van der Waals surface area contributed by atoms with Crippen LogP contribution < -0.4 is 15.2 Å². The van der Waals surface area contributed by atoms with Gasteiger partial charge in [-0.2, -0.15) is 0 Å². The molecule has 2 rings (SSSR count). The molecule has 1 aliphatic rings. The van der Waals surface area contributed by atoms with E-state index in [0.29, 0.717) is 0 Å². The molecule has 0 heterocycles. The van der Waals surface area contributed by atoms with Crippen LogP contribution in [0.15, 0.2) is 12.1 Å². The van der Waals surface area contributed by atoms with E-state index in [1.54, 1.807) is 0 Å². The first-order chi connectivity index (χ1) is 7.60. The van der Waals surface area contributed by atoms with Gasteiger partial charge < -0.3 is 15.2 Å². The van der Waals surface area contributed by atoms with Crippen LogP contribution in [0.25, 0.3) is 0 Å². The van der Waals surface area contributed by atoms with Crippen molar-refractivity contribution in [3.05, 3.63) is 23.8 Å². The summed E-state index contributed by atoms with van der Waals surface area (Å²) in [7, 11) is 1.22. The van der Waals surface area contributed by atoms with E-state index in [4.69, 9.17) is 10.5 Å². The predicted octanol–water partition coefficient (Wildman–Crippen LogP) is 1.84. The van der Waals surface area contributed by atoms with Gasteiger partial charge in [0.1, 0.15) is 11.9 Å². The normalized spacial score (nSPS) is 23.8. The van der Waals surface area contributed by atoms with Crippen molar-refractivity contribution in [3.8, 4) is 11.5 Å². The minimum Gasteiger partial charge on any atom is -0.491 e. The number of ether oxygens (including phenoxy) is 2. The molecule has 1 saturated carbocycles. The van der Waals surface area contributed by atoms with Crippen molar-refractivity contribution in [1.82, 2.24) is 0 Å². The Morgan fingerprint density at radius 1 is 1.25 bits per heavy atom. The topological polar surface area (TPSA) is 44.5 Å². The maximum Gasteiger partial charge on any atom is 0.190 e. The fraction of sp³-hybridized carbons (Fsp3) is 0.455. The van der Waals surface area contributed by atoms with E-state index in [-0.39, 0.29) is 17.9 Å². The summed E-state index contributed by atoms with van der Waals surface area (Å²) in [5.41, 5.74) is 5.58. The summed E-state index contributed by atoms with van der Waals surface area (Å²) in [5.74, 6) is -1.74. The Morgan fingerprint density at radius 2 is 1.81 bits per heavy atom. The zero-order chi connectivity index (χ0) is 11.7. The van der Waals surface area contributed by atoms with Crippen LogP contribution in [0.4, 0.5) is 8.78 Å². The van der Waals surface area contributed by atoms with Crippen molar-refractivity contribution in [3.63, 3.8) is 0 Å². The van der Waals surface area contributed by atoms with E-state index in [0.717, 1.165) is 25.0 Å². The number of halogens is 2. The fourth-order valence-electron chi connectivity index (χ4n) is 1.69. The summed E-state index contributed by atoms with van der Waals surface area (Å²) >= 11 is 0. The van der Waals surface area contributed by atoms with Gasteiger partial charge in [-0.3, -0.25) is 0 Å². The van der Waals surface area contributed by atoms with Gasteiger partial charge in [-0.15, -0.1) is 0 Å². The van der Waals surface area contributed by atoms with Crippen LogP contribution >= 0.6 is 0 Å². The monoisotopic (exact) mass is 229 g/mol. The summed E-state index contributed by atoms with van der Waals surface area (Å²) in [6.07, 6.45) is 1.40. The second-order valence-corrected chi connectivity index (χ2v) is 3.89. The average Bonchev–Trinajstić information content (AvgIpc) is 2.15. The smallest absolute Gasteiger partial charge is 0.190 e. The summed E-state index contributed by atoms with van der Waals surface area (Å²) in [6.45, 7) is 0. The van der Waals surface area contributed by atoms with E-state index < -0.39 is 17.4 Å². The quantitative estimate of drug-likeness (QED) is 0.860. The molecule has 0 aromatic heterocycles. The van der Waals surface area contributed by atoms with Crippen molar-refractivity contribution in [2.45, 2.75) is 25.0 Å². The molecular formula is C11H13F2NO2. The molecule has 0 saturated heterocycles. The Kier molecular flexibility index (Phi) is 2.96. The SMILES string of the molecule is COc1c(F)cc(O[C@H]2C[C@H](N)C2)cc1F. The Balaban J connectivity index is 2.10. The van der Waals surface area contributed by atoms with Gasteiger partial charge in [-0.25, -0.2) is 8.78 Å². The van der Waals surface area contributed by atoms with E-state index in [1.165, 1.54) is 7.11 Å². The van der Waals surface area contributed by atoms with Gasteiger partial charge in [-0.05, 0) is 12.8 Å². The lowest BCUT2D eigenvalue weighted by molar-refractivity contribution is 0.0999. The van der Waals surface area contributed by atoms with E-state index in [1.807, 2.05) is 0 Å². The minimum absolute atomic E-state index is 0.0396. The van der Waals surface area contributed by atoms with Gasteiger partial charge in [0.25, 0.3) is 0 Å². The highest BCUT2D eigenvalue weighted by Gasteiger charge is 2.28. The maximum atomic E-state index is 13.3. The Labute approximate surface area is 92.1 Å². The third kappa shape index (κ3) is 2.09. The molecule has 88 valence electrons. The highest BCUT2D eigenvalue weighted by atomic mass is 19.1. The number of hydrogen-bond acceptors (Lipinski definition) is 3. The third-order valence-electron chi connectivity index (χ3n) is 2.61. The summed E-state index contributed by atoms with van der Waals surface area (Å²) in [6, 6.07) is 2.37. The predicted molar refractivity (Wildman–Crippen MR) is 54.5 cm³/mol. The number of nitrogens with two attached hydrogens (primary N) is 1. The largest absolute Gasteiger partial charge is 0.491 e. The number of methoxy groups -OCH3 is 1. The van der Waals surface area contributed by atoms with Crippen molar-refractivity contribution >= 4 is 0 Å². The zero-order valence-corrected chi connectivity index (χ0v) is 8.87. The van der Waals surface area contributed by atoms with Crippen LogP contribution in [0, 0.1) is 11.6 Å². The molecule has 0 bridgehead atoms. The molecule has 0 radical (unpaired) electrons. The van der Waals surface area contributed by atoms with Gasteiger partial charge in [0, 0.05) is 18.2 Å². The second kappa shape index (κ2) is 4.25. The minimum atomic E-state index is -0.763. The van der Waals surface area contributed by atoms with Gasteiger partial charge in [0.15, 0.2) is 17.4 Å². The number of rotatable bonds is 3. The van der Waals surface area contributed by atoms with E-state index in [2.05, 4.69) is 4.74 Å². The molecule has 1 fully saturated rings. The van der Waals surface area contributed by atoms with Crippen molar-refractivity contribution in [1.29, 1.82) is 0 Å². The molecule has 2 N–H and O–H groups in total. The van der Waals surface area contributed by atoms with Crippen LogP contribution in [-0.2, 0) is 0 Å². The summed E-state index contributed by atoms with van der Waals surface area (Å²) in [5, 5.41) is 0. The molecule has 0 unspecified atom stereocenters. The van der Waals surface area contributed by atoms with Crippen LogP contribution in [-0.4, -0.2) is 19.3 Å². The lowest BCUT2D eigenvalue weighted by Gasteiger charge is -2.32. The Hall–Kier alpha value is -1.36. The fourth-order valence-corrected chi connectivity index (χ4v) is 1.69. The first kappa shape index (κ1) is 11.1. The van der Waals surface area contributed by atoms with Gasteiger partial charge in [0.05, 0.1) is 7.11 Å². The first-order valence-corrected chi connectivity index (χ1v) is 5.05. The van der Waals surface area contributed by atoms with Crippen LogP contribution in [0.5, 0.6) is 11.5 Å². The molecule has 0 amide bonds. The number of hydrogen-bond donors (Lipinski definition) is 1. The van der Waals surface area contributed by atoms with E-state index >= 15 is 0 Å². The molecule has 16 heavy (non-hydrogen) atoms. The van der Waals surface area contributed by atoms with Gasteiger partial charge in [-0.1, -0.05) is 0 Å². The van der Waals surface area contributed by atoms with Crippen molar-refractivity contribution in [2.24, 2.45) is 5.73 Å². The molecule has 1 aromatic rings. The third-order valence-corrected chi connectivity index (χ3v) is 2.61. The summed E-state index contributed by atoms with van der Waals surface area (Å²) < 4.78 is 36.5. The average molecular weight is 229 g/mol. The second-order valence-electron chi connectivity index (χ2n) is 3.89. The molecular weight excluding hydrogens is 216 g/mol.